The number of ketones is 1. The van der Waals surface area contributed by atoms with E-state index in [1.165, 1.54) is 96.3 Å². The molecule has 0 aliphatic carbocycles. The van der Waals surface area contributed by atoms with Crippen molar-refractivity contribution >= 4 is 23.5 Å². The molecule has 0 heterocycles. The number of allylic oxidation sites excluding steroid dienone is 1. The van der Waals surface area contributed by atoms with Gasteiger partial charge in [-0.25, -0.2) is 0 Å². The zero-order chi connectivity index (χ0) is 25.7. The topological polar surface area (TPSA) is 26.3 Å². The number of hydrogen-bond acceptors (Lipinski definition) is 2. The molecule has 2 aromatic rings. The van der Waals surface area contributed by atoms with E-state index < -0.39 is 0 Å². The van der Waals surface area contributed by atoms with Crippen molar-refractivity contribution in [3.05, 3.63) is 70.8 Å². The standard InChI is InChI=1S/C33H47ClO2/c1-2-3-4-5-6-7-8-9-10-11-12-13-14-15-16-17-28-36-32-25-21-30(22-26-32)33(35)27-20-29-18-23-31(34)24-19-29/h18-27H,2-17,28H2,1H3. The van der Waals surface area contributed by atoms with Crippen LogP contribution in [0.4, 0.5) is 0 Å². The monoisotopic (exact) mass is 510 g/mol. The molecule has 0 amide bonds. The molecule has 0 aliphatic heterocycles. The second-order valence-electron chi connectivity index (χ2n) is 9.93. The Balaban J connectivity index is 1.43. The van der Waals surface area contributed by atoms with Crippen LogP contribution in [-0.4, -0.2) is 12.4 Å². The maximum atomic E-state index is 12.4. The van der Waals surface area contributed by atoms with E-state index in [1.807, 2.05) is 48.5 Å². The van der Waals surface area contributed by atoms with Gasteiger partial charge in [0.05, 0.1) is 6.61 Å². The van der Waals surface area contributed by atoms with E-state index in [2.05, 4.69) is 6.92 Å². The summed E-state index contributed by atoms with van der Waals surface area (Å²) in [7, 11) is 0. The molecule has 0 fully saturated rings. The minimum Gasteiger partial charge on any atom is -0.494 e. The van der Waals surface area contributed by atoms with Crippen molar-refractivity contribution in [2.75, 3.05) is 6.61 Å². The molecule has 0 bridgehead atoms. The lowest BCUT2D eigenvalue weighted by Crippen LogP contribution is -1.99. The molecule has 2 rings (SSSR count). The summed E-state index contributed by atoms with van der Waals surface area (Å²) >= 11 is 5.90. The molecular weight excluding hydrogens is 464 g/mol. The maximum absolute atomic E-state index is 12.4. The summed E-state index contributed by atoms with van der Waals surface area (Å²) in [6.45, 7) is 3.02. The number of halogens is 1. The molecule has 0 aliphatic rings. The van der Waals surface area contributed by atoms with E-state index in [1.54, 1.807) is 12.2 Å². The first-order valence-corrected chi connectivity index (χ1v) is 14.8. The molecule has 36 heavy (non-hydrogen) atoms. The molecule has 0 saturated carbocycles. The van der Waals surface area contributed by atoms with Gasteiger partial charge in [0.2, 0.25) is 0 Å². The lowest BCUT2D eigenvalue weighted by Gasteiger charge is -2.07. The molecular formula is C33H47ClO2. The third-order valence-electron chi connectivity index (χ3n) is 6.70. The lowest BCUT2D eigenvalue weighted by atomic mass is 10.0. The average molecular weight is 511 g/mol. The third kappa shape index (κ3) is 14.5. The molecule has 2 aromatic carbocycles. The number of ether oxygens (including phenoxy) is 1. The molecule has 2 nitrogen and oxygen atoms in total. The maximum Gasteiger partial charge on any atom is 0.185 e. The summed E-state index contributed by atoms with van der Waals surface area (Å²) in [5.41, 5.74) is 1.61. The number of carbonyl (C=O) groups is 1. The van der Waals surface area contributed by atoms with E-state index in [9.17, 15) is 4.79 Å². The van der Waals surface area contributed by atoms with E-state index in [-0.39, 0.29) is 5.78 Å². The average Bonchev–Trinajstić information content (AvgIpc) is 2.90. The number of rotatable bonds is 21. The quantitative estimate of drug-likeness (QED) is 0.0947. The normalized spacial score (nSPS) is 11.3. The van der Waals surface area contributed by atoms with Gasteiger partial charge in [0, 0.05) is 10.6 Å². The van der Waals surface area contributed by atoms with Crippen LogP contribution in [0, 0.1) is 0 Å². The van der Waals surface area contributed by atoms with Gasteiger partial charge in [0.15, 0.2) is 5.78 Å². The highest BCUT2D eigenvalue weighted by Crippen LogP contribution is 2.16. The Labute approximate surface area is 225 Å². The van der Waals surface area contributed by atoms with Crippen molar-refractivity contribution in [1.29, 1.82) is 0 Å². The molecule has 0 aromatic heterocycles. The number of carbonyl (C=O) groups excluding carboxylic acids is 1. The van der Waals surface area contributed by atoms with Crippen LogP contribution in [0.25, 0.3) is 6.08 Å². The van der Waals surface area contributed by atoms with Crippen molar-refractivity contribution < 1.29 is 9.53 Å². The van der Waals surface area contributed by atoms with Gasteiger partial charge in [-0.15, -0.1) is 0 Å². The fraction of sp³-hybridized carbons (Fsp3) is 0.545. The van der Waals surface area contributed by atoms with Gasteiger partial charge < -0.3 is 4.74 Å². The Hall–Kier alpha value is -2.06. The molecule has 3 heteroatoms. The summed E-state index contributed by atoms with van der Waals surface area (Å²) in [4.78, 5) is 12.4. The van der Waals surface area contributed by atoms with Crippen LogP contribution in [0.3, 0.4) is 0 Å². The van der Waals surface area contributed by atoms with Gasteiger partial charge >= 0.3 is 0 Å². The van der Waals surface area contributed by atoms with Gasteiger partial charge in [0.1, 0.15) is 5.75 Å². The molecule has 0 N–H and O–H groups in total. The highest BCUT2D eigenvalue weighted by molar-refractivity contribution is 6.30. The molecule has 0 unspecified atom stereocenters. The number of unbranched alkanes of at least 4 members (excludes halogenated alkanes) is 15. The SMILES string of the molecule is CCCCCCCCCCCCCCCCCCOc1ccc(C(=O)C=Cc2ccc(Cl)cc2)cc1. The predicted octanol–water partition coefficient (Wildman–Crippen LogP) is 10.9. The Morgan fingerprint density at radius 1 is 0.667 bits per heavy atom. The van der Waals surface area contributed by atoms with E-state index in [0.29, 0.717) is 10.6 Å². The fourth-order valence-electron chi connectivity index (χ4n) is 4.40. The molecule has 198 valence electrons. The largest absolute Gasteiger partial charge is 0.494 e. The predicted molar refractivity (Wildman–Crippen MR) is 156 cm³/mol. The minimum atomic E-state index is -0.0192. The summed E-state index contributed by atoms with van der Waals surface area (Å²) in [5, 5.41) is 0.689. The summed E-state index contributed by atoms with van der Waals surface area (Å²) in [6, 6.07) is 14.8. The van der Waals surface area contributed by atoms with Crippen molar-refractivity contribution in [2.24, 2.45) is 0 Å². The van der Waals surface area contributed by atoms with Crippen LogP contribution in [0.5, 0.6) is 5.75 Å². The van der Waals surface area contributed by atoms with Crippen molar-refractivity contribution in [3.63, 3.8) is 0 Å². The fourth-order valence-corrected chi connectivity index (χ4v) is 4.52. The van der Waals surface area contributed by atoms with Crippen LogP contribution in [-0.2, 0) is 0 Å². The smallest absolute Gasteiger partial charge is 0.185 e. The first-order chi connectivity index (χ1) is 17.7. The van der Waals surface area contributed by atoms with Gasteiger partial charge in [-0.05, 0) is 54.5 Å². The van der Waals surface area contributed by atoms with Crippen molar-refractivity contribution in [2.45, 2.75) is 110 Å². The lowest BCUT2D eigenvalue weighted by molar-refractivity contribution is 0.104. The van der Waals surface area contributed by atoms with Gasteiger partial charge in [0.25, 0.3) is 0 Å². The molecule has 0 radical (unpaired) electrons. The first kappa shape index (κ1) is 30.2. The molecule has 0 spiro atoms. The van der Waals surface area contributed by atoms with E-state index >= 15 is 0 Å². The highest BCUT2D eigenvalue weighted by Gasteiger charge is 2.03. The van der Waals surface area contributed by atoms with Crippen LogP contribution < -0.4 is 4.74 Å². The van der Waals surface area contributed by atoms with Crippen LogP contribution in [0.15, 0.2) is 54.6 Å². The van der Waals surface area contributed by atoms with Crippen molar-refractivity contribution in [3.8, 4) is 5.75 Å². The summed E-state index contributed by atoms with van der Waals surface area (Å²) in [5.74, 6) is 0.809. The number of hydrogen-bond donors (Lipinski definition) is 0. The highest BCUT2D eigenvalue weighted by atomic mass is 35.5. The summed E-state index contributed by atoms with van der Waals surface area (Å²) in [6.07, 6.45) is 25.3. The molecule has 0 atom stereocenters. The van der Waals surface area contributed by atoms with Crippen LogP contribution in [0.2, 0.25) is 5.02 Å². The third-order valence-corrected chi connectivity index (χ3v) is 6.95. The minimum absolute atomic E-state index is 0.0192. The van der Waals surface area contributed by atoms with Gasteiger partial charge in [-0.1, -0.05) is 133 Å². The Kier molecular flexibility index (Phi) is 16.8. The van der Waals surface area contributed by atoms with Gasteiger partial charge in [-0.2, -0.15) is 0 Å². The Morgan fingerprint density at radius 2 is 1.14 bits per heavy atom. The van der Waals surface area contributed by atoms with E-state index in [0.717, 1.165) is 24.3 Å². The van der Waals surface area contributed by atoms with Crippen LogP contribution >= 0.6 is 11.6 Å². The Morgan fingerprint density at radius 3 is 1.64 bits per heavy atom. The zero-order valence-corrected chi connectivity index (χ0v) is 23.2. The second-order valence-corrected chi connectivity index (χ2v) is 10.4. The second kappa shape index (κ2) is 20.0. The molecule has 0 saturated heterocycles. The summed E-state index contributed by atoms with van der Waals surface area (Å²) < 4.78 is 5.86. The van der Waals surface area contributed by atoms with Crippen molar-refractivity contribution in [1.82, 2.24) is 0 Å². The van der Waals surface area contributed by atoms with Gasteiger partial charge in [-0.3, -0.25) is 4.79 Å². The zero-order valence-electron chi connectivity index (χ0n) is 22.5. The number of benzene rings is 2. The Bertz CT molecular complexity index is 839. The van der Waals surface area contributed by atoms with E-state index in [4.69, 9.17) is 16.3 Å². The van der Waals surface area contributed by atoms with Crippen LogP contribution in [0.1, 0.15) is 126 Å². The first-order valence-electron chi connectivity index (χ1n) is 14.4.